The molecule has 8 nitrogen and oxygen atoms in total. The summed E-state index contributed by atoms with van der Waals surface area (Å²) in [6.07, 6.45) is 1.59. The van der Waals surface area contributed by atoms with E-state index in [1.807, 2.05) is 6.92 Å². The van der Waals surface area contributed by atoms with Crippen molar-refractivity contribution in [1.29, 1.82) is 0 Å². The number of H-pyrrole nitrogens is 1. The largest absolute Gasteiger partial charge is 0.305 e. The minimum Gasteiger partial charge on any atom is -0.305 e. The van der Waals surface area contributed by atoms with Crippen LogP contribution < -0.4 is 5.56 Å². The minimum atomic E-state index is -0.479. The Morgan fingerprint density at radius 3 is 2.87 bits per heavy atom. The van der Waals surface area contributed by atoms with Crippen molar-refractivity contribution >= 4 is 16.7 Å². The Balaban J connectivity index is 2.23. The molecule has 0 unspecified atom stereocenters. The van der Waals surface area contributed by atoms with Crippen LogP contribution in [-0.4, -0.2) is 24.7 Å². The summed E-state index contributed by atoms with van der Waals surface area (Å²) in [5.74, 6) is 0.302. The van der Waals surface area contributed by atoms with E-state index in [1.165, 1.54) is 16.8 Å². The number of benzene rings is 1. The standard InChI is InChI=1S/C15H15N5O3/c1-3-5-11-12-13(19(2)18-11)15(21)17-14(16-12)9-6-4-7-10(8-9)20(22)23/h4,6-8H,3,5H2,1-2H3,(H,16,17,21). The van der Waals surface area contributed by atoms with Crippen LogP contribution in [0.5, 0.6) is 0 Å². The first-order valence-electron chi connectivity index (χ1n) is 7.22. The molecular weight excluding hydrogens is 298 g/mol. The Bertz CT molecular complexity index is 957. The van der Waals surface area contributed by atoms with Crippen molar-refractivity contribution in [3.05, 3.63) is 50.4 Å². The summed E-state index contributed by atoms with van der Waals surface area (Å²) in [5.41, 5.74) is 1.83. The monoisotopic (exact) mass is 313 g/mol. The van der Waals surface area contributed by atoms with Crippen LogP contribution in [0, 0.1) is 10.1 Å². The summed E-state index contributed by atoms with van der Waals surface area (Å²) in [4.78, 5) is 29.9. The van der Waals surface area contributed by atoms with E-state index in [1.54, 1.807) is 19.2 Å². The summed E-state index contributed by atoms with van der Waals surface area (Å²) in [6.45, 7) is 2.02. The van der Waals surface area contributed by atoms with Crippen molar-refractivity contribution in [3.63, 3.8) is 0 Å². The summed E-state index contributed by atoms with van der Waals surface area (Å²) in [5, 5.41) is 15.3. The van der Waals surface area contributed by atoms with Gasteiger partial charge in [0.05, 0.1) is 10.6 Å². The van der Waals surface area contributed by atoms with Gasteiger partial charge in [0, 0.05) is 24.7 Å². The Kier molecular flexibility index (Phi) is 3.65. The smallest absolute Gasteiger partial charge is 0.277 e. The van der Waals surface area contributed by atoms with Crippen molar-refractivity contribution in [2.75, 3.05) is 0 Å². The van der Waals surface area contributed by atoms with Crippen LogP contribution >= 0.6 is 0 Å². The lowest BCUT2D eigenvalue weighted by Gasteiger charge is -2.02. The van der Waals surface area contributed by atoms with Gasteiger partial charge < -0.3 is 4.98 Å². The molecule has 0 aliphatic heterocycles. The van der Waals surface area contributed by atoms with Gasteiger partial charge in [0.25, 0.3) is 11.2 Å². The molecule has 0 amide bonds. The third-order valence-corrected chi connectivity index (χ3v) is 3.58. The zero-order valence-corrected chi connectivity index (χ0v) is 12.7. The molecule has 2 heterocycles. The molecule has 0 aliphatic carbocycles. The third kappa shape index (κ3) is 2.59. The van der Waals surface area contributed by atoms with Gasteiger partial charge in [0.2, 0.25) is 0 Å². The van der Waals surface area contributed by atoms with Gasteiger partial charge in [-0.25, -0.2) is 4.98 Å². The van der Waals surface area contributed by atoms with E-state index in [4.69, 9.17) is 0 Å². The van der Waals surface area contributed by atoms with Crippen LogP contribution in [0.15, 0.2) is 29.1 Å². The fraction of sp³-hybridized carbons (Fsp3) is 0.267. The van der Waals surface area contributed by atoms with Crippen LogP contribution in [0.2, 0.25) is 0 Å². The lowest BCUT2D eigenvalue weighted by atomic mass is 10.1. The summed E-state index contributed by atoms with van der Waals surface area (Å²) in [6, 6.07) is 6.02. The molecule has 3 aromatic rings. The number of aryl methyl sites for hydroxylation is 2. The molecule has 0 saturated carbocycles. The van der Waals surface area contributed by atoms with Crippen LogP contribution in [0.25, 0.3) is 22.4 Å². The van der Waals surface area contributed by atoms with Gasteiger partial charge in [-0.2, -0.15) is 5.10 Å². The molecule has 3 rings (SSSR count). The Morgan fingerprint density at radius 1 is 1.39 bits per heavy atom. The number of aromatic nitrogens is 4. The maximum Gasteiger partial charge on any atom is 0.277 e. The molecule has 0 aliphatic rings. The Labute approximate surface area is 130 Å². The second-order valence-corrected chi connectivity index (χ2v) is 5.24. The molecular formula is C15H15N5O3. The number of aromatic amines is 1. The first-order chi connectivity index (χ1) is 11.0. The second kappa shape index (κ2) is 5.64. The Morgan fingerprint density at radius 2 is 2.17 bits per heavy atom. The van der Waals surface area contributed by atoms with E-state index in [-0.39, 0.29) is 11.2 Å². The first kappa shape index (κ1) is 14.9. The van der Waals surface area contributed by atoms with Crippen LogP contribution in [0.4, 0.5) is 5.69 Å². The highest BCUT2D eigenvalue weighted by atomic mass is 16.6. The molecule has 0 fully saturated rings. The van der Waals surface area contributed by atoms with Crippen LogP contribution in [0.3, 0.4) is 0 Å². The molecule has 0 radical (unpaired) electrons. The molecule has 0 atom stereocenters. The highest BCUT2D eigenvalue weighted by Crippen LogP contribution is 2.22. The Hall–Kier alpha value is -3.03. The highest BCUT2D eigenvalue weighted by Gasteiger charge is 2.16. The zero-order valence-electron chi connectivity index (χ0n) is 12.7. The average molecular weight is 313 g/mol. The fourth-order valence-electron chi connectivity index (χ4n) is 2.56. The van der Waals surface area contributed by atoms with E-state index < -0.39 is 4.92 Å². The molecule has 1 aromatic carbocycles. The van der Waals surface area contributed by atoms with E-state index in [2.05, 4.69) is 15.1 Å². The van der Waals surface area contributed by atoms with Gasteiger partial charge in [-0.1, -0.05) is 25.5 Å². The maximum atomic E-state index is 12.3. The van der Waals surface area contributed by atoms with Gasteiger partial charge in [0.1, 0.15) is 11.3 Å². The first-order valence-corrected chi connectivity index (χ1v) is 7.22. The number of nitrogens with one attached hydrogen (secondary N) is 1. The van der Waals surface area contributed by atoms with E-state index >= 15 is 0 Å². The number of hydrogen-bond donors (Lipinski definition) is 1. The molecule has 8 heteroatoms. The van der Waals surface area contributed by atoms with Crippen molar-refractivity contribution in [2.45, 2.75) is 19.8 Å². The van der Waals surface area contributed by atoms with Gasteiger partial charge in [0.15, 0.2) is 5.52 Å². The van der Waals surface area contributed by atoms with Gasteiger partial charge in [-0.3, -0.25) is 19.6 Å². The maximum absolute atomic E-state index is 12.3. The molecule has 0 spiro atoms. The lowest BCUT2D eigenvalue weighted by molar-refractivity contribution is -0.384. The SMILES string of the molecule is CCCc1nn(C)c2c(=O)[nH]c(-c3cccc([N+](=O)[O-])c3)nc12. The molecule has 0 bridgehead atoms. The van der Waals surface area contributed by atoms with Gasteiger partial charge in [-0.15, -0.1) is 0 Å². The number of non-ortho nitro benzene ring substituents is 1. The van der Waals surface area contributed by atoms with Crippen LogP contribution in [0.1, 0.15) is 19.0 Å². The summed E-state index contributed by atoms with van der Waals surface area (Å²) >= 11 is 0. The predicted octanol–water partition coefficient (Wildman–Crippen LogP) is 2.18. The highest BCUT2D eigenvalue weighted by molar-refractivity contribution is 5.79. The lowest BCUT2D eigenvalue weighted by Crippen LogP contribution is -2.12. The minimum absolute atomic E-state index is 0.0507. The van der Waals surface area contributed by atoms with Crippen molar-refractivity contribution in [1.82, 2.24) is 19.7 Å². The third-order valence-electron chi connectivity index (χ3n) is 3.58. The van der Waals surface area contributed by atoms with E-state index in [0.717, 1.165) is 12.1 Å². The molecule has 1 N–H and O–H groups in total. The van der Waals surface area contributed by atoms with Crippen molar-refractivity contribution in [3.8, 4) is 11.4 Å². The number of fused-ring (bicyclic) bond motifs is 1. The quantitative estimate of drug-likeness (QED) is 0.587. The normalized spacial score (nSPS) is 11.0. The number of nitro benzene ring substituents is 1. The molecule has 0 saturated heterocycles. The zero-order chi connectivity index (χ0) is 16.6. The molecule has 118 valence electrons. The number of nitro groups is 1. The molecule has 2 aromatic heterocycles. The van der Waals surface area contributed by atoms with E-state index in [9.17, 15) is 14.9 Å². The topological polar surface area (TPSA) is 107 Å². The van der Waals surface area contributed by atoms with Crippen molar-refractivity contribution in [2.24, 2.45) is 7.05 Å². The average Bonchev–Trinajstić information content (AvgIpc) is 2.84. The second-order valence-electron chi connectivity index (χ2n) is 5.24. The fourth-order valence-corrected chi connectivity index (χ4v) is 2.56. The van der Waals surface area contributed by atoms with Crippen molar-refractivity contribution < 1.29 is 4.92 Å². The number of rotatable bonds is 4. The predicted molar refractivity (Wildman–Crippen MR) is 85.2 cm³/mol. The van der Waals surface area contributed by atoms with Gasteiger partial charge in [-0.05, 0) is 6.42 Å². The van der Waals surface area contributed by atoms with Crippen LogP contribution in [-0.2, 0) is 13.5 Å². The number of nitrogens with zero attached hydrogens (tertiary/aromatic N) is 4. The van der Waals surface area contributed by atoms with E-state index in [0.29, 0.717) is 28.8 Å². The number of hydrogen-bond acceptors (Lipinski definition) is 5. The summed E-state index contributed by atoms with van der Waals surface area (Å²) < 4.78 is 1.52. The molecule has 23 heavy (non-hydrogen) atoms. The van der Waals surface area contributed by atoms with Gasteiger partial charge >= 0.3 is 0 Å². The summed E-state index contributed by atoms with van der Waals surface area (Å²) in [7, 11) is 1.70.